The topological polar surface area (TPSA) is 57.0 Å². The highest BCUT2D eigenvalue weighted by Crippen LogP contribution is 2.13. The molecular formula is C23H35N2O2+. The molecule has 0 atom stereocenters. The van der Waals surface area contributed by atoms with Crippen molar-refractivity contribution in [3.05, 3.63) is 48.0 Å². The molecule has 0 spiro atoms. The molecule has 0 aliphatic heterocycles. The minimum atomic E-state index is -0.668. The summed E-state index contributed by atoms with van der Waals surface area (Å²) in [5.41, 5.74) is 2.59. The molecule has 0 aliphatic carbocycles. The number of imidazole rings is 1. The standard InChI is InChI=1S/C23H34N2O2/c1-20-24-19-22(25(20)21-15-12-10-13-16-21)17-11-8-6-4-2-3-5-7-9-14-18-23(26)27/h10,12-13,15-16,19H,2-9,11,14,17-18H2,1H3,(H,26,27)/p+1. The van der Waals surface area contributed by atoms with Crippen molar-refractivity contribution in [2.24, 2.45) is 0 Å². The van der Waals surface area contributed by atoms with Gasteiger partial charge in [-0.2, -0.15) is 4.57 Å². The van der Waals surface area contributed by atoms with Gasteiger partial charge in [0.2, 0.25) is 0 Å². The molecule has 0 radical (unpaired) electrons. The van der Waals surface area contributed by atoms with Crippen LogP contribution in [-0.4, -0.2) is 16.1 Å². The Kier molecular flexibility index (Phi) is 9.67. The number of nitrogens with zero attached hydrogens (tertiary/aromatic N) is 1. The Bertz CT molecular complexity index is 664. The predicted octanol–water partition coefficient (Wildman–Crippen LogP) is 5.52. The number of carboxylic acid groups (broad SMARTS) is 1. The largest absolute Gasteiger partial charge is 0.481 e. The fraction of sp³-hybridized carbons (Fsp3) is 0.565. The Morgan fingerprint density at radius 3 is 2.04 bits per heavy atom. The normalized spacial score (nSPS) is 11.0. The highest BCUT2D eigenvalue weighted by molar-refractivity contribution is 5.66. The van der Waals surface area contributed by atoms with Crippen molar-refractivity contribution in [1.82, 2.24) is 4.98 Å². The summed E-state index contributed by atoms with van der Waals surface area (Å²) >= 11 is 0. The first-order valence-corrected chi connectivity index (χ1v) is 10.5. The Hall–Kier alpha value is -2.10. The fourth-order valence-electron chi connectivity index (χ4n) is 3.65. The average Bonchev–Trinajstić information content (AvgIpc) is 3.03. The van der Waals surface area contributed by atoms with Crippen LogP contribution in [0.4, 0.5) is 0 Å². The number of H-pyrrole nitrogens is 1. The quantitative estimate of drug-likeness (QED) is 0.339. The molecule has 1 aromatic carbocycles. The lowest BCUT2D eigenvalue weighted by molar-refractivity contribution is -0.609. The minimum Gasteiger partial charge on any atom is -0.481 e. The van der Waals surface area contributed by atoms with Crippen LogP contribution in [0.15, 0.2) is 36.5 Å². The van der Waals surface area contributed by atoms with E-state index >= 15 is 0 Å². The second-order valence-electron chi connectivity index (χ2n) is 7.47. The molecule has 0 amide bonds. The van der Waals surface area contributed by atoms with Gasteiger partial charge in [-0.1, -0.05) is 69.6 Å². The van der Waals surface area contributed by atoms with Crippen LogP contribution in [-0.2, 0) is 11.2 Å². The van der Waals surface area contributed by atoms with E-state index in [4.69, 9.17) is 5.11 Å². The van der Waals surface area contributed by atoms with E-state index in [1.807, 2.05) is 0 Å². The van der Waals surface area contributed by atoms with Gasteiger partial charge in [0.25, 0.3) is 5.82 Å². The maximum Gasteiger partial charge on any atom is 0.303 e. The summed E-state index contributed by atoms with van der Waals surface area (Å²) in [4.78, 5) is 13.8. The number of hydrogen-bond donors (Lipinski definition) is 2. The van der Waals surface area contributed by atoms with E-state index in [1.54, 1.807) is 0 Å². The first-order chi connectivity index (χ1) is 13.2. The molecule has 1 heterocycles. The second-order valence-corrected chi connectivity index (χ2v) is 7.47. The van der Waals surface area contributed by atoms with E-state index in [9.17, 15) is 4.79 Å². The van der Waals surface area contributed by atoms with E-state index in [2.05, 4.69) is 53.0 Å². The minimum absolute atomic E-state index is 0.324. The van der Waals surface area contributed by atoms with Gasteiger partial charge in [0.05, 0.1) is 0 Å². The number of aliphatic carboxylic acids is 1. The number of unbranched alkanes of at least 4 members (excludes halogenated alkanes) is 9. The van der Waals surface area contributed by atoms with Gasteiger partial charge in [0.1, 0.15) is 17.6 Å². The zero-order valence-corrected chi connectivity index (χ0v) is 16.8. The number of para-hydroxylation sites is 1. The van der Waals surface area contributed by atoms with Crippen LogP contribution in [0.3, 0.4) is 0 Å². The molecule has 0 unspecified atom stereocenters. The van der Waals surface area contributed by atoms with Crippen LogP contribution in [0.2, 0.25) is 0 Å². The van der Waals surface area contributed by atoms with Crippen LogP contribution in [0.25, 0.3) is 5.69 Å². The number of hydrogen-bond acceptors (Lipinski definition) is 1. The summed E-state index contributed by atoms with van der Waals surface area (Å²) in [6.45, 7) is 2.12. The maximum absolute atomic E-state index is 10.4. The lowest BCUT2D eigenvalue weighted by Gasteiger charge is -2.04. The highest BCUT2D eigenvalue weighted by atomic mass is 16.4. The van der Waals surface area contributed by atoms with Crippen molar-refractivity contribution in [3.63, 3.8) is 0 Å². The molecule has 0 saturated heterocycles. The molecule has 148 valence electrons. The molecule has 0 saturated carbocycles. The van der Waals surface area contributed by atoms with Gasteiger partial charge in [-0.05, 0) is 25.0 Å². The van der Waals surface area contributed by atoms with E-state index in [1.165, 1.54) is 68.6 Å². The molecule has 27 heavy (non-hydrogen) atoms. The number of aryl methyl sites for hydroxylation is 2. The number of aromatic amines is 1. The van der Waals surface area contributed by atoms with Crippen LogP contribution in [0.5, 0.6) is 0 Å². The maximum atomic E-state index is 10.4. The summed E-state index contributed by atoms with van der Waals surface area (Å²) in [5.74, 6) is 0.513. The van der Waals surface area contributed by atoms with Gasteiger partial charge in [-0.15, -0.1) is 0 Å². The molecule has 2 N–H and O–H groups in total. The molecule has 4 nitrogen and oxygen atoms in total. The molecular weight excluding hydrogens is 336 g/mol. The SMILES string of the molecule is Cc1[nH]cc(CCCCCCCCCCCCC(=O)O)[n+]1-c1ccccc1. The van der Waals surface area contributed by atoms with Crippen molar-refractivity contribution in [2.45, 2.75) is 84.0 Å². The number of nitrogens with one attached hydrogen (secondary N) is 1. The first-order valence-electron chi connectivity index (χ1n) is 10.5. The smallest absolute Gasteiger partial charge is 0.303 e. The predicted molar refractivity (Wildman–Crippen MR) is 109 cm³/mol. The number of benzene rings is 1. The summed E-state index contributed by atoms with van der Waals surface area (Å²) in [6, 6.07) is 10.6. The zero-order chi connectivity index (χ0) is 19.3. The van der Waals surface area contributed by atoms with Crippen LogP contribution in [0.1, 0.15) is 82.1 Å². The molecule has 1 aromatic heterocycles. The van der Waals surface area contributed by atoms with Gasteiger partial charge in [-0.25, -0.2) is 4.98 Å². The van der Waals surface area contributed by atoms with E-state index < -0.39 is 5.97 Å². The monoisotopic (exact) mass is 371 g/mol. The molecule has 0 fully saturated rings. The van der Waals surface area contributed by atoms with Crippen molar-refractivity contribution < 1.29 is 14.5 Å². The first kappa shape index (κ1) is 21.2. The summed E-state index contributed by atoms with van der Waals surface area (Å²) in [6.07, 6.45) is 15.7. The third-order valence-electron chi connectivity index (χ3n) is 5.16. The van der Waals surface area contributed by atoms with Crippen molar-refractivity contribution in [1.29, 1.82) is 0 Å². The Labute approximate surface area is 163 Å². The summed E-state index contributed by atoms with van der Waals surface area (Å²) in [5, 5.41) is 8.60. The number of carboxylic acids is 1. The van der Waals surface area contributed by atoms with Crippen molar-refractivity contribution in [2.75, 3.05) is 0 Å². The van der Waals surface area contributed by atoms with Gasteiger partial charge >= 0.3 is 5.97 Å². The van der Waals surface area contributed by atoms with Crippen molar-refractivity contribution >= 4 is 5.97 Å². The van der Waals surface area contributed by atoms with Crippen LogP contribution < -0.4 is 4.57 Å². The lowest BCUT2D eigenvalue weighted by atomic mass is 10.0. The molecule has 4 heteroatoms. The van der Waals surface area contributed by atoms with Gasteiger partial charge in [-0.3, -0.25) is 4.79 Å². The number of carbonyl (C=O) groups is 1. The molecule has 0 bridgehead atoms. The third-order valence-corrected chi connectivity index (χ3v) is 5.16. The molecule has 0 aliphatic rings. The Balaban J connectivity index is 1.54. The third kappa shape index (κ3) is 7.98. The van der Waals surface area contributed by atoms with Crippen LogP contribution in [0, 0.1) is 6.92 Å². The molecule has 2 rings (SSSR count). The van der Waals surface area contributed by atoms with E-state index in [0.717, 1.165) is 19.3 Å². The summed E-state index contributed by atoms with van der Waals surface area (Å²) in [7, 11) is 0. The zero-order valence-electron chi connectivity index (χ0n) is 16.8. The van der Waals surface area contributed by atoms with Gasteiger partial charge in [0, 0.05) is 19.8 Å². The van der Waals surface area contributed by atoms with Gasteiger partial charge in [0.15, 0.2) is 0 Å². The number of aromatic nitrogens is 2. The summed E-state index contributed by atoms with van der Waals surface area (Å²) < 4.78 is 2.32. The average molecular weight is 372 g/mol. The number of rotatable bonds is 14. The van der Waals surface area contributed by atoms with E-state index in [0.29, 0.717) is 6.42 Å². The Morgan fingerprint density at radius 1 is 0.889 bits per heavy atom. The Morgan fingerprint density at radius 2 is 1.44 bits per heavy atom. The lowest BCUT2D eigenvalue weighted by Crippen LogP contribution is -2.36. The molecule has 2 aromatic rings. The van der Waals surface area contributed by atoms with E-state index in [-0.39, 0.29) is 0 Å². The second kappa shape index (κ2) is 12.3. The highest BCUT2D eigenvalue weighted by Gasteiger charge is 2.15. The van der Waals surface area contributed by atoms with Crippen molar-refractivity contribution in [3.8, 4) is 5.69 Å². The van der Waals surface area contributed by atoms with Gasteiger partial charge < -0.3 is 5.11 Å². The fourth-order valence-corrected chi connectivity index (χ4v) is 3.65. The van der Waals surface area contributed by atoms with Crippen LogP contribution >= 0.6 is 0 Å².